The largest absolute Gasteiger partial charge is 0.391 e. The number of aliphatic hydroxyl groups is 1. The van der Waals surface area contributed by atoms with Gasteiger partial charge in [0.05, 0.1) is 6.10 Å². The molecule has 0 aromatic heterocycles. The number of rotatable bonds is 2. The van der Waals surface area contributed by atoms with Gasteiger partial charge in [-0.05, 0) is 25.0 Å². The minimum Gasteiger partial charge on any atom is -0.391 e. The number of nitrogens with two attached hydrogens (primary N) is 1. The average molecular weight is 220 g/mol. The van der Waals surface area contributed by atoms with Crippen LogP contribution in [-0.4, -0.2) is 31.3 Å². The molecule has 2 atom stereocenters. The Morgan fingerprint density at radius 3 is 3.00 bits per heavy atom. The van der Waals surface area contributed by atoms with E-state index in [1.54, 1.807) is 0 Å². The minimum absolute atomic E-state index is 0.191. The third-order valence-corrected chi connectivity index (χ3v) is 3.48. The van der Waals surface area contributed by atoms with E-state index in [2.05, 4.69) is 37.1 Å². The molecule has 0 aliphatic carbocycles. The van der Waals surface area contributed by atoms with Gasteiger partial charge in [0.25, 0.3) is 0 Å². The molecule has 0 saturated heterocycles. The molecule has 0 fully saturated rings. The summed E-state index contributed by atoms with van der Waals surface area (Å²) in [6.07, 6.45) is 0.556. The number of aliphatic hydroxyl groups excluding tert-OH is 1. The Kier molecular flexibility index (Phi) is 3.17. The van der Waals surface area contributed by atoms with Crippen molar-refractivity contribution in [1.82, 2.24) is 0 Å². The lowest BCUT2D eigenvalue weighted by atomic mass is 9.85. The highest BCUT2D eigenvalue weighted by molar-refractivity contribution is 5.58. The lowest BCUT2D eigenvalue weighted by Gasteiger charge is -2.35. The van der Waals surface area contributed by atoms with Crippen LogP contribution in [0.4, 0.5) is 5.69 Å². The van der Waals surface area contributed by atoms with Crippen molar-refractivity contribution in [2.75, 3.05) is 25.0 Å². The van der Waals surface area contributed by atoms with Crippen LogP contribution in [0.25, 0.3) is 0 Å². The number of anilines is 1. The highest BCUT2D eigenvalue weighted by Crippen LogP contribution is 2.36. The molecular weight excluding hydrogens is 200 g/mol. The molecule has 0 radical (unpaired) electrons. The van der Waals surface area contributed by atoms with Gasteiger partial charge in [-0.3, -0.25) is 0 Å². The van der Waals surface area contributed by atoms with Crippen LogP contribution >= 0.6 is 0 Å². The molecule has 0 amide bonds. The van der Waals surface area contributed by atoms with Crippen LogP contribution in [0.1, 0.15) is 23.5 Å². The third-order valence-electron chi connectivity index (χ3n) is 3.48. The number of nitrogens with zero attached hydrogens (tertiary/aromatic N) is 1. The van der Waals surface area contributed by atoms with Gasteiger partial charge >= 0.3 is 0 Å². The Labute approximate surface area is 96.9 Å². The second-order valence-electron chi connectivity index (χ2n) is 4.68. The SMILES string of the molecule is Cc1ccc2c(c1)C(C(O)CN)CCN2C. The molecule has 88 valence electrons. The molecule has 1 heterocycles. The summed E-state index contributed by atoms with van der Waals surface area (Å²) in [6.45, 7) is 3.40. The van der Waals surface area contributed by atoms with Gasteiger partial charge < -0.3 is 15.7 Å². The van der Waals surface area contributed by atoms with E-state index in [0.29, 0.717) is 6.54 Å². The maximum atomic E-state index is 9.96. The summed E-state index contributed by atoms with van der Waals surface area (Å²) in [7, 11) is 2.10. The first-order valence-electron chi connectivity index (χ1n) is 5.83. The van der Waals surface area contributed by atoms with Crippen molar-refractivity contribution in [3.8, 4) is 0 Å². The molecule has 1 aromatic rings. The van der Waals surface area contributed by atoms with E-state index in [1.165, 1.54) is 16.8 Å². The first-order valence-corrected chi connectivity index (χ1v) is 5.83. The summed E-state index contributed by atoms with van der Waals surface area (Å²) >= 11 is 0. The van der Waals surface area contributed by atoms with E-state index in [1.807, 2.05) is 0 Å². The van der Waals surface area contributed by atoms with Crippen molar-refractivity contribution < 1.29 is 5.11 Å². The molecule has 3 N–H and O–H groups in total. The zero-order chi connectivity index (χ0) is 11.7. The second kappa shape index (κ2) is 4.44. The van der Waals surface area contributed by atoms with Crippen molar-refractivity contribution in [3.63, 3.8) is 0 Å². The fraction of sp³-hybridized carbons (Fsp3) is 0.538. The fourth-order valence-electron chi connectivity index (χ4n) is 2.49. The lowest BCUT2D eigenvalue weighted by molar-refractivity contribution is 0.145. The molecule has 0 bridgehead atoms. The van der Waals surface area contributed by atoms with Gasteiger partial charge in [0.15, 0.2) is 0 Å². The fourth-order valence-corrected chi connectivity index (χ4v) is 2.49. The molecule has 0 saturated carbocycles. The predicted octanol–water partition coefficient (Wildman–Crippen LogP) is 1.24. The molecular formula is C13H20N2O. The number of fused-ring (bicyclic) bond motifs is 1. The van der Waals surface area contributed by atoms with Crippen LogP contribution in [0, 0.1) is 6.92 Å². The molecule has 2 rings (SSSR count). The number of benzene rings is 1. The van der Waals surface area contributed by atoms with Crippen LogP contribution in [0.3, 0.4) is 0 Å². The standard InChI is InChI=1S/C13H20N2O/c1-9-3-4-12-11(7-9)10(13(16)8-14)5-6-15(12)2/h3-4,7,10,13,16H,5-6,8,14H2,1-2H3. The zero-order valence-corrected chi connectivity index (χ0v) is 9.98. The predicted molar refractivity (Wildman–Crippen MR) is 66.9 cm³/mol. The molecule has 0 spiro atoms. The Hall–Kier alpha value is -1.06. The smallest absolute Gasteiger partial charge is 0.0732 e. The number of aryl methyl sites for hydroxylation is 1. The van der Waals surface area contributed by atoms with Crippen molar-refractivity contribution >= 4 is 5.69 Å². The van der Waals surface area contributed by atoms with E-state index < -0.39 is 6.10 Å². The first-order chi connectivity index (χ1) is 7.63. The van der Waals surface area contributed by atoms with Gasteiger partial charge in [-0.1, -0.05) is 17.7 Å². The third kappa shape index (κ3) is 1.93. The van der Waals surface area contributed by atoms with Crippen molar-refractivity contribution in [2.45, 2.75) is 25.4 Å². The van der Waals surface area contributed by atoms with E-state index >= 15 is 0 Å². The minimum atomic E-state index is -0.422. The Morgan fingerprint density at radius 1 is 1.56 bits per heavy atom. The second-order valence-corrected chi connectivity index (χ2v) is 4.68. The molecule has 1 aromatic carbocycles. The molecule has 1 aliphatic rings. The van der Waals surface area contributed by atoms with Crippen molar-refractivity contribution in [3.05, 3.63) is 29.3 Å². The van der Waals surface area contributed by atoms with Crippen LogP contribution in [0.5, 0.6) is 0 Å². The maximum Gasteiger partial charge on any atom is 0.0732 e. The zero-order valence-electron chi connectivity index (χ0n) is 9.98. The van der Waals surface area contributed by atoms with Crippen molar-refractivity contribution in [2.24, 2.45) is 5.73 Å². The van der Waals surface area contributed by atoms with Crippen LogP contribution in [0.2, 0.25) is 0 Å². The van der Waals surface area contributed by atoms with E-state index in [-0.39, 0.29) is 5.92 Å². The summed E-state index contributed by atoms with van der Waals surface area (Å²) in [5.74, 6) is 0.191. The van der Waals surface area contributed by atoms with Gasteiger partial charge in [0.1, 0.15) is 0 Å². The van der Waals surface area contributed by atoms with Gasteiger partial charge in [0, 0.05) is 31.7 Å². The normalized spacial score (nSPS) is 21.8. The average Bonchev–Trinajstić information content (AvgIpc) is 2.28. The van der Waals surface area contributed by atoms with Gasteiger partial charge in [-0.2, -0.15) is 0 Å². The monoisotopic (exact) mass is 220 g/mol. The van der Waals surface area contributed by atoms with Crippen LogP contribution < -0.4 is 10.6 Å². The summed E-state index contributed by atoms with van der Waals surface area (Å²) in [5.41, 5.74) is 9.28. The summed E-state index contributed by atoms with van der Waals surface area (Å²) < 4.78 is 0. The molecule has 1 aliphatic heterocycles. The summed E-state index contributed by atoms with van der Waals surface area (Å²) in [4.78, 5) is 2.24. The molecule has 3 heteroatoms. The van der Waals surface area contributed by atoms with Crippen molar-refractivity contribution in [1.29, 1.82) is 0 Å². The highest BCUT2D eigenvalue weighted by atomic mass is 16.3. The lowest BCUT2D eigenvalue weighted by Crippen LogP contribution is -2.35. The topological polar surface area (TPSA) is 49.5 Å². The number of hydrogen-bond donors (Lipinski definition) is 2. The first kappa shape index (κ1) is 11.4. The summed E-state index contributed by atoms with van der Waals surface area (Å²) in [5, 5.41) is 9.96. The van der Waals surface area contributed by atoms with Crippen LogP contribution in [-0.2, 0) is 0 Å². The van der Waals surface area contributed by atoms with Gasteiger partial charge in [-0.25, -0.2) is 0 Å². The molecule has 3 nitrogen and oxygen atoms in total. The Morgan fingerprint density at radius 2 is 2.31 bits per heavy atom. The Balaban J connectivity index is 2.41. The Bertz CT molecular complexity index is 378. The maximum absolute atomic E-state index is 9.96. The van der Waals surface area contributed by atoms with E-state index in [4.69, 9.17) is 5.73 Å². The van der Waals surface area contributed by atoms with Gasteiger partial charge in [-0.15, -0.1) is 0 Å². The molecule has 2 unspecified atom stereocenters. The quantitative estimate of drug-likeness (QED) is 0.788. The van der Waals surface area contributed by atoms with Gasteiger partial charge in [0.2, 0.25) is 0 Å². The summed E-state index contributed by atoms with van der Waals surface area (Å²) in [6, 6.07) is 6.43. The number of hydrogen-bond acceptors (Lipinski definition) is 3. The molecule has 16 heavy (non-hydrogen) atoms. The van der Waals surface area contributed by atoms with Crippen LogP contribution in [0.15, 0.2) is 18.2 Å². The highest BCUT2D eigenvalue weighted by Gasteiger charge is 2.27. The van der Waals surface area contributed by atoms with E-state index in [9.17, 15) is 5.11 Å². The van der Waals surface area contributed by atoms with E-state index in [0.717, 1.165) is 13.0 Å².